The molecule has 2 saturated heterocycles. The summed E-state index contributed by atoms with van der Waals surface area (Å²) in [5.74, 6) is -0.249. The smallest absolute Gasteiger partial charge is 0.250 e. The number of hydrogen-bond acceptors (Lipinski definition) is 6. The fraction of sp³-hybridized carbons (Fsp3) is 0.458. The van der Waals surface area contributed by atoms with Gasteiger partial charge in [-0.05, 0) is 49.5 Å². The third-order valence-corrected chi connectivity index (χ3v) is 9.30. The highest BCUT2D eigenvalue weighted by atomic mass is 35.5. The van der Waals surface area contributed by atoms with Crippen LogP contribution < -0.4 is 10.3 Å². The molecule has 0 aromatic carbocycles. The lowest BCUT2D eigenvalue weighted by Crippen LogP contribution is -2.56. The molecule has 2 fully saturated rings. The largest absolute Gasteiger partial charge is 0.340 e. The van der Waals surface area contributed by atoms with Crippen molar-refractivity contribution in [2.45, 2.75) is 37.8 Å². The maximum absolute atomic E-state index is 13.2. The van der Waals surface area contributed by atoms with Crippen LogP contribution in [0.5, 0.6) is 0 Å². The Bertz CT molecular complexity index is 1370. The SMILES string of the molecule is O=C(CN1CCC[C@H](NS(=O)(=O)/C=C/c2ccc(Cl)s2)C1=O)N1CC2C[C@H](C1)Cn1c2cccc1=O. The predicted octanol–water partition coefficient (Wildman–Crippen LogP) is 2.09. The summed E-state index contributed by atoms with van der Waals surface area (Å²) in [4.78, 5) is 42.4. The highest BCUT2D eigenvalue weighted by Gasteiger charge is 2.38. The zero-order valence-corrected chi connectivity index (χ0v) is 21.9. The van der Waals surface area contributed by atoms with Crippen molar-refractivity contribution in [1.82, 2.24) is 19.1 Å². The summed E-state index contributed by atoms with van der Waals surface area (Å²) in [6.45, 7) is 1.97. The van der Waals surface area contributed by atoms with E-state index in [1.54, 1.807) is 29.2 Å². The summed E-state index contributed by atoms with van der Waals surface area (Å²) in [6, 6.07) is 7.75. The lowest BCUT2D eigenvalue weighted by molar-refractivity contribution is -0.144. The van der Waals surface area contributed by atoms with Crippen molar-refractivity contribution >= 4 is 50.9 Å². The van der Waals surface area contributed by atoms with Gasteiger partial charge < -0.3 is 14.4 Å². The standard InChI is InChI=1S/C24H27ClN4O5S2/c25-21-7-6-18(35-21)8-10-36(33,34)26-19-3-2-9-27(24(19)32)15-23(31)28-12-16-11-17(14-28)20-4-1-5-22(30)29(20)13-16/h1,4-8,10,16-17,19,26H,2-3,9,11-15H2/b10-8+/t16-,17?,19+/m1/s1. The lowest BCUT2D eigenvalue weighted by atomic mass is 9.83. The van der Waals surface area contributed by atoms with Crippen LogP contribution in [0, 0.1) is 5.92 Å². The van der Waals surface area contributed by atoms with Crippen molar-refractivity contribution in [2.24, 2.45) is 5.92 Å². The summed E-state index contributed by atoms with van der Waals surface area (Å²) >= 11 is 7.13. The molecule has 0 spiro atoms. The first-order chi connectivity index (χ1) is 17.2. The number of nitrogens with one attached hydrogen (secondary N) is 1. The number of sulfonamides is 1. The van der Waals surface area contributed by atoms with Crippen LogP contribution >= 0.6 is 22.9 Å². The Morgan fingerprint density at radius 1 is 1.17 bits per heavy atom. The Labute approximate surface area is 218 Å². The zero-order chi connectivity index (χ0) is 25.4. The maximum atomic E-state index is 13.2. The highest BCUT2D eigenvalue weighted by Crippen LogP contribution is 2.35. The number of amides is 2. The molecule has 2 aromatic heterocycles. The van der Waals surface area contributed by atoms with Gasteiger partial charge in [0.2, 0.25) is 21.8 Å². The second-order valence-electron chi connectivity index (χ2n) is 9.56. The van der Waals surface area contributed by atoms with Gasteiger partial charge in [-0.1, -0.05) is 17.7 Å². The molecule has 1 unspecified atom stereocenters. The molecule has 0 saturated carbocycles. The van der Waals surface area contributed by atoms with E-state index in [0.29, 0.717) is 48.2 Å². The van der Waals surface area contributed by atoms with E-state index in [0.717, 1.165) is 17.5 Å². The van der Waals surface area contributed by atoms with Crippen molar-refractivity contribution in [3.63, 3.8) is 0 Å². The van der Waals surface area contributed by atoms with Gasteiger partial charge in [0.25, 0.3) is 5.56 Å². The second kappa shape index (κ2) is 10.1. The number of halogens is 1. The molecule has 3 aliphatic heterocycles. The van der Waals surface area contributed by atoms with E-state index in [-0.39, 0.29) is 35.8 Å². The molecule has 36 heavy (non-hydrogen) atoms. The molecule has 5 heterocycles. The third kappa shape index (κ3) is 5.44. The van der Waals surface area contributed by atoms with E-state index in [1.165, 1.54) is 22.3 Å². The second-order valence-corrected chi connectivity index (χ2v) is 12.9. The number of hydrogen-bond donors (Lipinski definition) is 1. The summed E-state index contributed by atoms with van der Waals surface area (Å²) in [7, 11) is -3.86. The number of rotatable bonds is 6. The summed E-state index contributed by atoms with van der Waals surface area (Å²) < 4.78 is 29.9. The first-order valence-electron chi connectivity index (χ1n) is 11.9. The molecule has 0 radical (unpaired) electrons. The lowest BCUT2D eigenvalue weighted by Gasteiger charge is -2.43. The number of fused-ring (bicyclic) bond motifs is 4. The van der Waals surface area contributed by atoms with E-state index in [4.69, 9.17) is 11.6 Å². The molecule has 2 aromatic rings. The van der Waals surface area contributed by atoms with Gasteiger partial charge >= 0.3 is 0 Å². The normalized spacial score (nSPS) is 24.2. The Kier molecular flexibility index (Phi) is 7.08. The van der Waals surface area contributed by atoms with Gasteiger partial charge in [-0.25, -0.2) is 8.42 Å². The van der Waals surface area contributed by atoms with E-state index in [2.05, 4.69) is 4.72 Å². The van der Waals surface area contributed by atoms with Crippen LogP contribution in [0.25, 0.3) is 6.08 Å². The van der Waals surface area contributed by atoms with Gasteiger partial charge in [-0.15, -0.1) is 11.3 Å². The molecule has 9 nitrogen and oxygen atoms in total. The van der Waals surface area contributed by atoms with Gasteiger partial charge in [-0.3, -0.25) is 14.4 Å². The Morgan fingerprint density at radius 2 is 2.00 bits per heavy atom. The minimum absolute atomic E-state index is 0.0107. The number of nitrogens with zero attached hydrogens (tertiary/aromatic N) is 3. The minimum Gasteiger partial charge on any atom is -0.340 e. The summed E-state index contributed by atoms with van der Waals surface area (Å²) in [5, 5.41) is 1.03. The van der Waals surface area contributed by atoms with Crippen LogP contribution in [0.2, 0.25) is 4.34 Å². The number of piperidine rings is 2. The number of thiophene rings is 1. The van der Waals surface area contributed by atoms with Crippen molar-refractivity contribution in [3.05, 3.63) is 61.0 Å². The molecule has 1 N–H and O–H groups in total. The van der Waals surface area contributed by atoms with Crippen LogP contribution in [0.3, 0.4) is 0 Å². The molecule has 3 atom stereocenters. The molecule has 0 aliphatic carbocycles. The summed E-state index contributed by atoms with van der Waals surface area (Å²) in [6.07, 6.45) is 3.34. The zero-order valence-electron chi connectivity index (χ0n) is 19.5. The van der Waals surface area contributed by atoms with Gasteiger partial charge in [0.1, 0.15) is 6.04 Å². The van der Waals surface area contributed by atoms with Crippen molar-refractivity contribution in [3.8, 4) is 0 Å². The van der Waals surface area contributed by atoms with Crippen LogP contribution in [-0.2, 0) is 26.2 Å². The van der Waals surface area contributed by atoms with Crippen molar-refractivity contribution in [1.29, 1.82) is 0 Å². The van der Waals surface area contributed by atoms with Crippen molar-refractivity contribution < 1.29 is 18.0 Å². The van der Waals surface area contributed by atoms with Crippen LogP contribution in [-0.4, -0.2) is 66.8 Å². The van der Waals surface area contributed by atoms with E-state index >= 15 is 0 Å². The fourth-order valence-electron chi connectivity index (χ4n) is 5.38. The predicted molar refractivity (Wildman–Crippen MR) is 138 cm³/mol. The number of pyridine rings is 1. The van der Waals surface area contributed by atoms with E-state index < -0.39 is 16.1 Å². The van der Waals surface area contributed by atoms with Crippen LogP contribution in [0.1, 0.15) is 35.8 Å². The summed E-state index contributed by atoms with van der Waals surface area (Å²) in [5.41, 5.74) is 0.945. The monoisotopic (exact) mass is 550 g/mol. The minimum atomic E-state index is -3.86. The molecule has 192 valence electrons. The van der Waals surface area contributed by atoms with Gasteiger partial charge in [0.15, 0.2) is 0 Å². The highest BCUT2D eigenvalue weighted by molar-refractivity contribution is 7.92. The Balaban J connectivity index is 1.21. The van der Waals surface area contributed by atoms with E-state index in [1.807, 2.05) is 10.6 Å². The average Bonchev–Trinajstić information content (AvgIpc) is 3.26. The Morgan fingerprint density at radius 3 is 2.78 bits per heavy atom. The number of aromatic nitrogens is 1. The number of carbonyl (C=O) groups excluding carboxylic acids is 2. The van der Waals surface area contributed by atoms with Gasteiger partial charge in [0, 0.05) is 54.1 Å². The van der Waals surface area contributed by atoms with Gasteiger partial charge in [-0.2, -0.15) is 4.72 Å². The van der Waals surface area contributed by atoms with Crippen LogP contribution in [0.4, 0.5) is 0 Å². The topological polar surface area (TPSA) is 109 Å². The van der Waals surface area contributed by atoms with Crippen LogP contribution in [0.15, 0.2) is 40.5 Å². The average molecular weight is 551 g/mol. The van der Waals surface area contributed by atoms with E-state index in [9.17, 15) is 22.8 Å². The number of likely N-dealkylation sites (tertiary alicyclic amines) is 2. The first kappa shape index (κ1) is 25.2. The molecule has 2 bridgehead atoms. The van der Waals surface area contributed by atoms with Gasteiger partial charge in [0.05, 0.1) is 10.9 Å². The quantitative estimate of drug-likeness (QED) is 0.592. The molecule has 12 heteroatoms. The first-order valence-corrected chi connectivity index (χ1v) is 14.6. The molecular formula is C24H27ClN4O5S2. The third-order valence-electron chi connectivity index (χ3n) is 7.00. The Hall–Kier alpha value is -2.47. The molecule has 5 rings (SSSR count). The number of carbonyl (C=O) groups is 2. The molecule has 3 aliphatic rings. The molecular weight excluding hydrogens is 524 g/mol. The van der Waals surface area contributed by atoms with Crippen molar-refractivity contribution in [2.75, 3.05) is 26.2 Å². The fourth-order valence-corrected chi connectivity index (χ4v) is 7.45. The maximum Gasteiger partial charge on any atom is 0.250 e. The molecule has 2 amide bonds.